The summed E-state index contributed by atoms with van der Waals surface area (Å²) in [5, 5.41) is 22.7. The van der Waals surface area contributed by atoms with E-state index in [9.17, 15) is 0 Å². The summed E-state index contributed by atoms with van der Waals surface area (Å²) in [4.78, 5) is 4.05. The highest BCUT2D eigenvalue weighted by atomic mass is 16.5. The molecule has 0 bridgehead atoms. The summed E-state index contributed by atoms with van der Waals surface area (Å²) in [7, 11) is 1.62. The van der Waals surface area contributed by atoms with Crippen molar-refractivity contribution in [1.82, 2.24) is 20.5 Å². The molecule has 1 aliphatic heterocycles. The highest BCUT2D eigenvalue weighted by molar-refractivity contribution is 5.76. The topological polar surface area (TPSA) is 117 Å². The van der Waals surface area contributed by atoms with Crippen LogP contribution in [0.4, 0.5) is 11.5 Å². The summed E-state index contributed by atoms with van der Waals surface area (Å²) in [6.45, 7) is 2.73. The maximum absolute atomic E-state index is 8.86. The summed E-state index contributed by atoms with van der Waals surface area (Å²) in [5.41, 5.74) is 2.61. The molecule has 1 aromatic carbocycles. The second kappa shape index (κ2) is 9.26. The van der Waals surface area contributed by atoms with E-state index < -0.39 is 0 Å². The Labute approximate surface area is 174 Å². The first-order chi connectivity index (χ1) is 14.8. The number of morpholine rings is 1. The Kier molecular flexibility index (Phi) is 6.08. The fourth-order valence-corrected chi connectivity index (χ4v) is 3.17. The minimum Gasteiger partial charge on any atom is -0.496 e. The van der Waals surface area contributed by atoms with E-state index in [1.807, 2.05) is 30.3 Å². The maximum atomic E-state index is 8.86. The summed E-state index contributed by atoms with van der Waals surface area (Å²) in [6.07, 6.45) is 1.59. The number of rotatable bonds is 7. The van der Waals surface area contributed by atoms with Crippen molar-refractivity contribution < 1.29 is 14.2 Å². The van der Waals surface area contributed by atoms with Gasteiger partial charge in [-0.1, -0.05) is 6.07 Å². The lowest BCUT2D eigenvalue weighted by atomic mass is 10.1. The van der Waals surface area contributed by atoms with Gasteiger partial charge < -0.3 is 24.8 Å². The van der Waals surface area contributed by atoms with Gasteiger partial charge in [-0.2, -0.15) is 10.4 Å². The van der Waals surface area contributed by atoms with Crippen LogP contribution in [0.1, 0.15) is 5.69 Å². The Morgan fingerprint density at radius 3 is 2.93 bits per heavy atom. The van der Waals surface area contributed by atoms with Crippen molar-refractivity contribution in [3.8, 4) is 28.8 Å². The number of benzene rings is 1. The first-order valence-corrected chi connectivity index (χ1v) is 9.58. The molecule has 154 valence electrons. The van der Waals surface area contributed by atoms with Gasteiger partial charge in [0, 0.05) is 19.2 Å². The van der Waals surface area contributed by atoms with Crippen LogP contribution in [-0.4, -0.2) is 54.7 Å². The van der Waals surface area contributed by atoms with Crippen LogP contribution in [0.5, 0.6) is 11.5 Å². The first-order valence-electron chi connectivity index (χ1n) is 9.58. The number of aromatic nitrogens is 3. The van der Waals surface area contributed by atoms with Gasteiger partial charge in [0.15, 0.2) is 5.82 Å². The Morgan fingerprint density at radius 1 is 1.30 bits per heavy atom. The van der Waals surface area contributed by atoms with E-state index in [-0.39, 0.29) is 6.10 Å². The summed E-state index contributed by atoms with van der Waals surface area (Å²) >= 11 is 0. The molecule has 0 radical (unpaired) electrons. The zero-order valence-corrected chi connectivity index (χ0v) is 16.5. The molecule has 3 heterocycles. The third-order valence-corrected chi connectivity index (χ3v) is 4.63. The number of nitrogens with one attached hydrogen (secondary N) is 3. The van der Waals surface area contributed by atoms with E-state index in [1.165, 1.54) is 0 Å². The molecule has 0 saturated carbocycles. The van der Waals surface area contributed by atoms with Gasteiger partial charge >= 0.3 is 0 Å². The molecule has 3 aromatic rings. The number of anilines is 2. The Morgan fingerprint density at radius 2 is 2.20 bits per heavy atom. The van der Waals surface area contributed by atoms with Crippen molar-refractivity contribution in [3.63, 3.8) is 0 Å². The normalized spacial score (nSPS) is 15.9. The van der Waals surface area contributed by atoms with Gasteiger partial charge in [0.25, 0.3) is 0 Å². The van der Waals surface area contributed by atoms with Crippen molar-refractivity contribution in [2.24, 2.45) is 0 Å². The largest absolute Gasteiger partial charge is 0.496 e. The third-order valence-electron chi connectivity index (χ3n) is 4.63. The van der Waals surface area contributed by atoms with Crippen LogP contribution in [0.15, 0.2) is 42.6 Å². The smallest absolute Gasteiger partial charge is 0.152 e. The second-order valence-electron chi connectivity index (χ2n) is 6.68. The van der Waals surface area contributed by atoms with Crippen molar-refractivity contribution in [2.45, 2.75) is 6.10 Å². The van der Waals surface area contributed by atoms with E-state index in [1.54, 1.807) is 25.4 Å². The molecule has 1 atom stereocenters. The van der Waals surface area contributed by atoms with Gasteiger partial charge in [-0.3, -0.25) is 5.10 Å². The summed E-state index contributed by atoms with van der Waals surface area (Å²) in [5.74, 6) is 1.96. The summed E-state index contributed by atoms with van der Waals surface area (Å²) < 4.78 is 17.3. The van der Waals surface area contributed by atoms with Crippen molar-refractivity contribution in [2.75, 3.05) is 38.7 Å². The van der Waals surface area contributed by atoms with Crippen LogP contribution in [0.25, 0.3) is 11.3 Å². The molecule has 30 heavy (non-hydrogen) atoms. The van der Waals surface area contributed by atoms with Crippen LogP contribution < -0.4 is 20.1 Å². The lowest BCUT2D eigenvalue weighted by Crippen LogP contribution is -2.41. The molecule has 9 nitrogen and oxygen atoms in total. The van der Waals surface area contributed by atoms with E-state index in [2.05, 4.69) is 25.8 Å². The molecular weight excluding hydrogens is 384 g/mol. The number of pyridine rings is 1. The van der Waals surface area contributed by atoms with E-state index in [0.717, 1.165) is 30.0 Å². The molecule has 0 amide bonds. The average Bonchev–Trinajstić information content (AvgIpc) is 3.26. The molecule has 1 fully saturated rings. The number of nitrogens with zero attached hydrogens (tertiary/aromatic N) is 3. The quantitative estimate of drug-likeness (QED) is 0.548. The molecular formula is C21H22N6O3. The van der Waals surface area contributed by atoms with Gasteiger partial charge in [-0.05, 0) is 24.3 Å². The SMILES string of the molecule is COc1cccc(OCC2CNCCO2)c1-c1cc(Nc2ccc(C#N)nc2)n[nH]1. The van der Waals surface area contributed by atoms with Gasteiger partial charge in [-0.25, -0.2) is 4.98 Å². The van der Waals surface area contributed by atoms with Crippen molar-refractivity contribution in [3.05, 3.63) is 48.3 Å². The van der Waals surface area contributed by atoms with Crippen LogP contribution >= 0.6 is 0 Å². The van der Waals surface area contributed by atoms with Gasteiger partial charge in [-0.15, -0.1) is 0 Å². The minimum atomic E-state index is 0.000628. The highest BCUT2D eigenvalue weighted by Gasteiger charge is 2.19. The predicted octanol–water partition coefficient (Wildman–Crippen LogP) is 2.46. The molecule has 2 aromatic heterocycles. The van der Waals surface area contributed by atoms with E-state index in [4.69, 9.17) is 19.5 Å². The molecule has 0 spiro atoms. The van der Waals surface area contributed by atoms with Crippen LogP contribution in [-0.2, 0) is 4.74 Å². The van der Waals surface area contributed by atoms with Crippen LogP contribution in [0.2, 0.25) is 0 Å². The average molecular weight is 406 g/mol. The number of nitriles is 1. The lowest BCUT2D eigenvalue weighted by Gasteiger charge is -2.24. The van der Waals surface area contributed by atoms with Crippen LogP contribution in [0, 0.1) is 11.3 Å². The number of methoxy groups -OCH3 is 1. The number of ether oxygens (including phenoxy) is 3. The van der Waals surface area contributed by atoms with Crippen LogP contribution in [0.3, 0.4) is 0 Å². The van der Waals surface area contributed by atoms with Gasteiger partial charge in [0.1, 0.15) is 36.0 Å². The number of hydrogen-bond donors (Lipinski definition) is 3. The molecule has 4 rings (SSSR count). The predicted molar refractivity (Wildman–Crippen MR) is 111 cm³/mol. The maximum Gasteiger partial charge on any atom is 0.152 e. The number of hydrogen-bond acceptors (Lipinski definition) is 8. The molecule has 0 aliphatic carbocycles. The Bertz CT molecular complexity index is 1020. The number of H-pyrrole nitrogens is 1. The molecule has 1 saturated heterocycles. The molecule has 1 aliphatic rings. The standard InChI is InChI=1S/C21H22N6O3/c1-28-18-3-2-4-19(30-13-16-12-23-7-8-29-16)21(18)17-9-20(27-26-17)25-15-6-5-14(10-22)24-11-15/h2-6,9,11,16,23H,7-8,12-13H2,1H3,(H2,25,26,27). The molecule has 9 heteroatoms. The lowest BCUT2D eigenvalue weighted by molar-refractivity contribution is 0.000280. The summed E-state index contributed by atoms with van der Waals surface area (Å²) in [6, 6.07) is 12.9. The van der Waals surface area contributed by atoms with Crippen molar-refractivity contribution in [1.29, 1.82) is 5.26 Å². The zero-order chi connectivity index (χ0) is 20.8. The fraction of sp³-hybridized carbons (Fsp3) is 0.286. The third kappa shape index (κ3) is 4.51. The number of aromatic amines is 1. The Hall–Kier alpha value is -3.61. The second-order valence-corrected chi connectivity index (χ2v) is 6.68. The molecule has 1 unspecified atom stereocenters. The van der Waals surface area contributed by atoms with Crippen molar-refractivity contribution >= 4 is 11.5 Å². The molecule has 3 N–H and O–H groups in total. The van der Waals surface area contributed by atoms with E-state index >= 15 is 0 Å². The van der Waals surface area contributed by atoms with Gasteiger partial charge in [0.05, 0.1) is 36.9 Å². The monoisotopic (exact) mass is 406 g/mol. The fourth-order valence-electron chi connectivity index (χ4n) is 3.17. The highest BCUT2D eigenvalue weighted by Crippen LogP contribution is 2.38. The Balaban J connectivity index is 1.54. The minimum absolute atomic E-state index is 0.000628. The van der Waals surface area contributed by atoms with E-state index in [0.29, 0.717) is 36.2 Å². The first kappa shape index (κ1) is 19.7. The zero-order valence-electron chi connectivity index (χ0n) is 16.5. The van der Waals surface area contributed by atoms with Gasteiger partial charge in [0.2, 0.25) is 0 Å².